The van der Waals surface area contributed by atoms with Gasteiger partial charge in [0.25, 0.3) is 0 Å². The van der Waals surface area contributed by atoms with E-state index in [4.69, 9.17) is 0 Å². The molecule has 0 saturated carbocycles. The molecule has 2 nitrogen and oxygen atoms in total. The van der Waals surface area contributed by atoms with Crippen molar-refractivity contribution < 1.29 is 4.39 Å². The number of hydrogen-bond donors (Lipinski definition) is 1. The molecule has 2 aromatic rings. The molecule has 0 bridgehead atoms. The molecule has 0 amide bonds. The van der Waals surface area contributed by atoms with Crippen LogP contribution in [0.3, 0.4) is 0 Å². The van der Waals surface area contributed by atoms with Crippen LogP contribution in [0.15, 0.2) is 53.5 Å². The normalized spacial score (nSPS) is 17.9. The predicted molar refractivity (Wildman–Crippen MR) is 91.8 cm³/mol. The second-order valence-corrected chi connectivity index (χ2v) is 6.77. The Morgan fingerprint density at radius 3 is 2.75 bits per heavy atom. The molecule has 1 unspecified atom stereocenters. The zero-order valence-electron chi connectivity index (χ0n) is 10.5. The fourth-order valence-electron chi connectivity index (χ4n) is 1.99. The summed E-state index contributed by atoms with van der Waals surface area (Å²) < 4.78 is 13.9. The van der Waals surface area contributed by atoms with Gasteiger partial charge in [-0.05, 0) is 46.4 Å². The highest BCUT2D eigenvalue weighted by Gasteiger charge is 2.21. The van der Waals surface area contributed by atoms with Gasteiger partial charge in [-0.1, -0.05) is 42.1 Å². The molecule has 0 saturated heterocycles. The van der Waals surface area contributed by atoms with Crippen LogP contribution in [0.5, 0.6) is 0 Å². The third-order valence-electron chi connectivity index (χ3n) is 3.00. The highest BCUT2D eigenvalue weighted by molar-refractivity contribution is 14.1. The third-order valence-corrected chi connectivity index (χ3v) is 5.05. The lowest BCUT2D eigenvalue weighted by Crippen LogP contribution is -2.06. The Morgan fingerprint density at radius 1 is 1.20 bits per heavy atom. The van der Waals surface area contributed by atoms with Crippen molar-refractivity contribution in [3.63, 3.8) is 0 Å². The molecular weight excluding hydrogens is 386 g/mol. The number of nitrogens with one attached hydrogen (secondary N) is 1. The van der Waals surface area contributed by atoms with Gasteiger partial charge in [-0.2, -0.15) is 0 Å². The number of aliphatic imine (C=N–C) groups is 1. The lowest BCUT2D eigenvalue weighted by atomic mass is 10.1. The van der Waals surface area contributed by atoms with Crippen molar-refractivity contribution in [3.05, 3.63) is 63.5 Å². The van der Waals surface area contributed by atoms with Gasteiger partial charge >= 0.3 is 0 Å². The Balaban J connectivity index is 1.69. The maximum atomic E-state index is 13.1. The molecule has 1 N–H and O–H groups in total. The van der Waals surface area contributed by atoms with Crippen molar-refractivity contribution in [1.82, 2.24) is 0 Å². The van der Waals surface area contributed by atoms with Crippen molar-refractivity contribution >= 4 is 45.2 Å². The lowest BCUT2D eigenvalue weighted by molar-refractivity contribution is 0.627. The van der Waals surface area contributed by atoms with Gasteiger partial charge in [0, 0.05) is 3.57 Å². The van der Waals surface area contributed by atoms with Gasteiger partial charge in [0.2, 0.25) is 0 Å². The maximum absolute atomic E-state index is 13.1. The van der Waals surface area contributed by atoms with E-state index in [-0.39, 0.29) is 5.82 Å². The molecule has 20 heavy (non-hydrogen) atoms. The van der Waals surface area contributed by atoms with Crippen LogP contribution in [-0.2, 0) is 0 Å². The fraction of sp³-hybridized carbons (Fsp3) is 0.133. The van der Waals surface area contributed by atoms with E-state index < -0.39 is 0 Å². The van der Waals surface area contributed by atoms with Crippen molar-refractivity contribution in [2.24, 2.45) is 4.99 Å². The van der Waals surface area contributed by atoms with E-state index in [1.54, 1.807) is 17.8 Å². The molecule has 3 rings (SSSR count). The molecule has 1 aliphatic rings. The number of benzene rings is 2. The Kier molecular flexibility index (Phi) is 4.26. The minimum atomic E-state index is -0.219. The summed E-state index contributed by atoms with van der Waals surface area (Å²) in [4.78, 5) is 4.52. The van der Waals surface area contributed by atoms with Gasteiger partial charge < -0.3 is 5.32 Å². The molecule has 0 fully saturated rings. The summed E-state index contributed by atoms with van der Waals surface area (Å²) in [5.41, 5.74) is 2.18. The molecule has 1 atom stereocenters. The molecule has 0 aromatic heterocycles. The average Bonchev–Trinajstić information content (AvgIpc) is 2.92. The number of anilines is 1. The summed E-state index contributed by atoms with van der Waals surface area (Å²) in [6, 6.07) is 15.1. The SMILES string of the molecule is Fc1ccc(NC2=NCC(c3ccccc3)S2)c(I)c1. The summed E-state index contributed by atoms with van der Waals surface area (Å²) in [6.07, 6.45) is 0. The molecule has 5 heteroatoms. The second-order valence-electron chi connectivity index (χ2n) is 4.41. The Hall–Kier alpha value is -1.08. The number of amidine groups is 1. The monoisotopic (exact) mass is 398 g/mol. The van der Waals surface area contributed by atoms with Gasteiger partial charge in [0.15, 0.2) is 5.17 Å². The topological polar surface area (TPSA) is 24.4 Å². The highest BCUT2D eigenvalue weighted by Crippen LogP contribution is 2.35. The highest BCUT2D eigenvalue weighted by atomic mass is 127. The van der Waals surface area contributed by atoms with Crippen molar-refractivity contribution in [1.29, 1.82) is 0 Å². The largest absolute Gasteiger partial charge is 0.334 e. The van der Waals surface area contributed by atoms with Crippen LogP contribution in [0, 0.1) is 9.39 Å². The Bertz CT molecular complexity index is 646. The van der Waals surface area contributed by atoms with E-state index in [0.717, 1.165) is 21.0 Å². The molecule has 1 heterocycles. The molecule has 102 valence electrons. The van der Waals surface area contributed by atoms with Crippen LogP contribution < -0.4 is 5.32 Å². The van der Waals surface area contributed by atoms with Crippen LogP contribution in [0.4, 0.5) is 10.1 Å². The van der Waals surface area contributed by atoms with E-state index in [1.807, 2.05) is 18.2 Å². The van der Waals surface area contributed by atoms with Gasteiger partial charge in [0.1, 0.15) is 5.82 Å². The molecule has 0 aliphatic carbocycles. The number of nitrogens with zero attached hydrogens (tertiary/aromatic N) is 1. The number of halogens is 2. The summed E-state index contributed by atoms with van der Waals surface area (Å²) in [5, 5.41) is 4.53. The maximum Gasteiger partial charge on any atom is 0.161 e. The zero-order valence-corrected chi connectivity index (χ0v) is 13.5. The molecule has 1 aliphatic heterocycles. The van der Waals surface area contributed by atoms with Gasteiger partial charge in [0.05, 0.1) is 17.5 Å². The zero-order chi connectivity index (χ0) is 13.9. The fourth-order valence-corrected chi connectivity index (χ4v) is 3.63. The minimum absolute atomic E-state index is 0.219. The van der Waals surface area contributed by atoms with Crippen LogP contribution in [-0.4, -0.2) is 11.7 Å². The average molecular weight is 398 g/mol. The first-order chi connectivity index (χ1) is 9.72. The Labute approximate surface area is 135 Å². The lowest BCUT2D eigenvalue weighted by Gasteiger charge is -2.10. The molecule has 0 radical (unpaired) electrons. The van der Waals surface area contributed by atoms with E-state index in [2.05, 4.69) is 45.0 Å². The van der Waals surface area contributed by atoms with Crippen LogP contribution in [0.1, 0.15) is 10.8 Å². The van der Waals surface area contributed by atoms with E-state index in [1.165, 1.54) is 17.7 Å². The quantitative estimate of drug-likeness (QED) is 0.743. The van der Waals surface area contributed by atoms with Crippen LogP contribution in [0.2, 0.25) is 0 Å². The molecule has 0 spiro atoms. The van der Waals surface area contributed by atoms with Gasteiger partial charge in [-0.3, -0.25) is 4.99 Å². The number of hydrogen-bond acceptors (Lipinski definition) is 3. The van der Waals surface area contributed by atoms with Crippen molar-refractivity contribution in [3.8, 4) is 0 Å². The summed E-state index contributed by atoms with van der Waals surface area (Å²) >= 11 is 3.84. The number of rotatable bonds is 2. The van der Waals surface area contributed by atoms with Gasteiger partial charge in [-0.15, -0.1) is 0 Å². The summed E-state index contributed by atoms with van der Waals surface area (Å²) in [5.74, 6) is -0.219. The first kappa shape index (κ1) is 13.9. The Morgan fingerprint density at radius 2 is 2.00 bits per heavy atom. The smallest absolute Gasteiger partial charge is 0.161 e. The van der Waals surface area contributed by atoms with Crippen LogP contribution >= 0.6 is 34.4 Å². The first-order valence-corrected chi connectivity index (χ1v) is 8.16. The van der Waals surface area contributed by atoms with E-state index >= 15 is 0 Å². The minimum Gasteiger partial charge on any atom is -0.334 e. The third kappa shape index (κ3) is 3.15. The molecular formula is C15H12FIN2S. The summed E-state index contributed by atoms with van der Waals surface area (Å²) in [6.45, 7) is 0.773. The van der Waals surface area contributed by atoms with E-state index in [0.29, 0.717) is 5.25 Å². The standard InChI is InChI=1S/C15H12FIN2S/c16-11-6-7-13(12(17)8-11)19-15-18-9-14(20-15)10-4-2-1-3-5-10/h1-8,14H,9H2,(H,18,19). The molecule has 2 aromatic carbocycles. The van der Waals surface area contributed by atoms with Crippen molar-refractivity contribution in [2.75, 3.05) is 11.9 Å². The second kappa shape index (κ2) is 6.13. The number of thioether (sulfide) groups is 1. The van der Waals surface area contributed by atoms with E-state index in [9.17, 15) is 4.39 Å². The van der Waals surface area contributed by atoms with Gasteiger partial charge in [-0.25, -0.2) is 4.39 Å². The van der Waals surface area contributed by atoms with Crippen molar-refractivity contribution in [2.45, 2.75) is 5.25 Å². The predicted octanol–water partition coefficient (Wildman–Crippen LogP) is 4.69. The summed E-state index contributed by atoms with van der Waals surface area (Å²) in [7, 11) is 0. The first-order valence-electron chi connectivity index (χ1n) is 6.20. The van der Waals surface area contributed by atoms with Crippen LogP contribution in [0.25, 0.3) is 0 Å².